The van der Waals surface area contributed by atoms with Gasteiger partial charge in [0.1, 0.15) is 11.3 Å². The van der Waals surface area contributed by atoms with Gasteiger partial charge in [0.2, 0.25) is 0 Å². The first-order chi connectivity index (χ1) is 7.84. The van der Waals surface area contributed by atoms with Crippen LogP contribution in [0.4, 0.5) is 0 Å². The Hall–Kier alpha value is -0.770. The summed E-state index contributed by atoms with van der Waals surface area (Å²) in [6.45, 7) is 2.13. The van der Waals surface area contributed by atoms with Crippen molar-refractivity contribution in [2.24, 2.45) is 0 Å². The number of aromatic amines is 1. The van der Waals surface area contributed by atoms with Crippen molar-refractivity contribution in [1.82, 2.24) is 15.3 Å². The normalized spacial score (nSPS) is 20.2. The molecule has 1 saturated heterocycles. The first-order valence-electron chi connectivity index (χ1n) is 5.69. The number of fused-ring (bicyclic) bond motifs is 1. The smallest absolute Gasteiger partial charge is 0.111 e. The SMILES string of the molecule is Cl.Clc1cccc2[nH]c(C3CCCNC3)nc12. The Bertz CT molecular complexity index is 503. The maximum Gasteiger partial charge on any atom is 0.111 e. The van der Waals surface area contributed by atoms with Gasteiger partial charge < -0.3 is 10.3 Å². The van der Waals surface area contributed by atoms with Crippen LogP contribution in [0.5, 0.6) is 0 Å². The monoisotopic (exact) mass is 271 g/mol. The standard InChI is InChI=1S/C12H14ClN3.ClH/c13-9-4-1-5-10-11(9)16-12(15-10)8-3-2-6-14-7-8;/h1,4-5,8,14H,2-3,6-7H2,(H,15,16);1H. The molecule has 0 amide bonds. The van der Waals surface area contributed by atoms with Gasteiger partial charge in [-0.15, -0.1) is 12.4 Å². The number of hydrogen-bond donors (Lipinski definition) is 2. The van der Waals surface area contributed by atoms with Crippen LogP contribution < -0.4 is 5.32 Å². The van der Waals surface area contributed by atoms with Gasteiger partial charge in [0.15, 0.2) is 0 Å². The first-order valence-corrected chi connectivity index (χ1v) is 6.07. The molecule has 0 radical (unpaired) electrons. The van der Waals surface area contributed by atoms with E-state index in [9.17, 15) is 0 Å². The van der Waals surface area contributed by atoms with Crippen LogP contribution >= 0.6 is 24.0 Å². The molecule has 0 aliphatic carbocycles. The molecular weight excluding hydrogens is 257 g/mol. The predicted molar refractivity (Wildman–Crippen MR) is 73.2 cm³/mol. The second kappa shape index (κ2) is 5.25. The highest BCUT2D eigenvalue weighted by Gasteiger charge is 2.18. The van der Waals surface area contributed by atoms with Crippen LogP contribution in [0.1, 0.15) is 24.6 Å². The topological polar surface area (TPSA) is 40.7 Å². The molecule has 0 saturated carbocycles. The number of nitrogens with zero attached hydrogens (tertiary/aromatic N) is 1. The minimum absolute atomic E-state index is 0. The molecule has 2 aromatic rings. The number of para-hydroxylation sites is 1. The molecule has 1 aromatic heterocycles. The van der Waals surface area contributed by atoms with Gasteiger partial charge in [-0.3, -0.25) is 0 Å². The van der Waals surface area contributed by atoms with Crippen molar-refractivity contribution < 1.29 is 0 Å². The second-order valence-corrected chi connectivity index (χ2v) is 4.71. The van der Waals surface area contributed by atoms with Crippen molar-refractivity contribution in [3.8, 4) is 0 Å². The lowest BCUT2D eigenvalue weighted by molar-refractivity contribution is 0.449. The fourth-order valence-corrected chi connectivity index (χ4v) is 2.51. The van der Waals surface area contributed by atoms with Gasteiger partial charge >= 0.3 is 0 Å². The molecule has 0 bridgehead atoms. The summed E-state index contributed by atoms with van der Waals surface area (Å²) in [6.07, 6.45) is 2.42. The summed E-state index contributed by atoms with van der Waals surface area (Å²) in [4.78, 5) is 7.98. The van der Waals surface area contributed by atoms with Gasteiger partial charge in [0.25, 0.3) is 0 Å². The third-order valence-electron chi connectivity index (χ3n) is 3.17. The van der Waals surface area contributed by atoms with Crippen LogP contribution in [0.3, 0.4) is 0 Å². The van der Waals surface area contributed by atoms with E-state index in [1.165, 1.54) is 12.8 Å². The molecule has 92 valence electrons. The largest absolute Gasteiger partial charge is 0.342 e. The second-order valence-electron chi connectivity index (χ2n) is 4.30. The number of imidazole rings is 1. The number of hydrogen-bond acceptors (Lipinski definition) is 2. The minimum atomic E-state index is 0. The van der Waals surface area contributed by atoms with E-state index in [2.05, 4.69) is 15.3 Å². The van der Waals surface area contributed by atoms with E-state index in [1.54, 1.807) is 0 Å². The average molecular weight is 272 g/mol. The molecule has 0 spiro atoms. The molecule has 1 aliphatic heterocycles. The van der Waals surface area contributed by atoms with Crippen molar-refractivity contribution >= 4 is 35.0 Å². The molecule has 5 heteroatoms. The van der Waals surface area contributed by atoms with Crippen LogP contribution in [0, 0.1) is 0 Å². The molecule has 2 heterocycles. The van der Waals surface area contributed by atoms with Crippen molar-refractivity contribution in [3.63, 3.8) is 0 Å². The fourth-order valence-electron chi connectivity index (χ4n) is 2.29. The zero-order valence-corrected chi connectivity index (χ0v) is 10.9. The lowest BCUT2D eigenvalue weighted by Crippen LogP contribution is -2.28. The Morgan fingerprint density at radius 1 is 1.35 bits per heavy atom. The molecule has 1 aromatic carbocycles. The maximum atomic E-state index is 6.11. The molecule has 1 atom stereocenters. The number of piperidine rings is 1. The molecule has 1 aliphatic rings. The number of nitrogens with one attached hydrogen (secondary N) is 2. The van der Waals surface area contributed by atoms with E-state index in [0.29, 0.717) is 5.92 Å². The maximum absolute atomic E-state index is 6.11. The van der Waals surface area contributed by atoms with Crippen LogP contribution in [-0.4, -0.2) is 23.1 Å². The predicted octanol–water partition coefficient (Wildman–Crippen LogP) is 3.11. The molecular formula is C12H15Cl2N3. The van der Waals surface area contributed by atoms with Gasteiger partial charge in [0.05, 0.1) is 10.5 Å². The Morgan fingerprint density at radius 2 is 2.24 bits per heavy atom. The van der Waals surface area contributed by atoms with E-state index in [0.717, 1.165) is 35.0 Å². The number of rotatable bonds is 1. The summed E-state index contributed by atoms with van der Waals surface area (Å²) in [7, 11) is 0. The Kier molecular flexibility index (Phi) is 3.92. The van der Waals surface area contributed by atoms with Crippen molar-refractivity contribution in [2.45, 2.75) is 18.8 Å². The van der Waals surface area contributed by atoms with E-state index < -0.39 is 0 Å². The molecule has 2 N–H and O–H groups in total. The lowest BCUT2D eigenvalue weighted by Gasteiger charge is -2.20. The lowest BCUT2D eigenvalue weighted by atomic mass is 9.99. The Morgan fingerprint density at radius 3 is 2.94 bits per heavy atom. The average Bonchev–Trinajstić information content (AvgIpc) is 2.76. The van der Waals surface area contributed by atoms with E-state index >= 15 is 0 Å². The quantitative estimate of drug-likeness (QED) is 0.837. The first kappa shape index (κ1) is 12.7. The number of benzene rings is 1. The van der Waals surface area contributed by atoms with Crippen molar-refractivity contribution in [3.05, 3.63) is 29.0 Å². The number of H-pyrrole nitrogens is 1. The number of halogens is 2. The van der Waals surface area contributed by atoms with Gasteiger partial charge in [0, 0.05) is 12.5 Å². The van der Waals surface area contributed by atoms with Gasteiger partial charge in [-0.2, -0.15) is 0 Å². The molecule has 3 rings (SSSR count). The Labute approximate surface area is 111 Å². The minimum Gasteiger partial charge on any atom is -0.342 e. The molecule has 1 fully saturated rings. The molecule has 17 heavy (non-hydrogen) atoms. The highest BCUT2D eigenvalue weighted by atomic mass is 35.5. The number of aromatic nitrogens is 2. The molecule has 1 unspecified atom stereocenters. The van der Waals surface area contributed by atoms with Crippen molar-refractivity contribution in [2.75, 3.05) is 13.1 Å². The van der Waals surface area contributed by atoms with Gasteiger partial charge in [-0.25, -0.2) is 4.98 Å². The third kappa shape index (κ3) is 2.41. The Balaban J connectivity index is 0.00000108. The summed E-state index contributed by atoms with van der Waals surface area (Å²) in [5.74, 6) is 1.56. The summed E-state index contributed by atoms with van der Waals surface area (Å²) in [5, 5.41) is 4.12. The van der Waals surface area contributed by atoms with E-state index in [1.807, 2.05) is 18.2 Å². The summed E-state index contributed by atoms with van der Waals surface area (Å²) in [6, 6.07) is 5.85. The fraction of sp³-hybridized carbons (Fsp3) is 0.417. The van der Waals surface area contributed by atoms with Crippen molar-refractivity contribution in [1.29, 1.82) is 0 Å². The van der Waals surface area contributed by atoms with Gasteiger partial charge in [-0.1, -0.05) is 17.7 Å². The van der Waals surface area contributed by atoms with E-state index in [-0.39, 0.29) is 12.4 Å². The van der Waals surface area contributed by atoms with E-state index in [4.69, 9.17) is 11.6 Å². The van der Waals surface area contributed by atoms with Gasteiger partial charge in [-0.05, 0) is 31.5 Å². The summed E-state index contributed by atoms with van der Waals surface area (Å²) < 4.78 is 0. The third-order valence-corrected chi connectivity index (χ3v) is 3.47. The highest BCUT2D eigenvalue weighted by Crippen LogP contribution is 2.26. The zero-order chi connectivity index (χ0) is 11.0. The zero-order valence-electron chi connectivity index (χ0n) is 9.37. The van der Waals surface area contributed by atoms with Crippen LogP contribution in [-0.2, 0) is 0 Å². The van der Waals surface area contributed by atoms with Crippen LogP contribution in [0.2, 0.25) is 5.02 Å². The highest BCUT2D eigenvalue weighted by molar-refractivity contribution is 6.34. The van der Waals surface area contributed by atoms with Crippen LogP contribution in [0.15, 0.2) is 18.2 Å². The molecule has 3 nitrogen and oxygen atoms in total. The summed E-state index contributed by atoms with van der Waals surface area (Å²) >= 11 is 6.11. The summed E-state index contributed by atoms with van der Waals surface area (Å²) in [5.41, 5.74) is 1.93. The van der Waals surface area contributed by atoms with Crippen LogP contribution in [0.25, 0.3) is 11.0 Å².